The molecule has 1 aliphatic carbocycles. The Labute approximate surface area is 190 Å². The highest BCUT2D eigenvalue weighted by atomic mass is 35.5. The van der Waals surface area contributed by atoms with Crippen molar-refractivity contribution < 1.29 is 9.47 Å². The Hall–Kier alpha value is -2.46. The summed E-state index contributed by atoms with van der Waals surface area (Å²) < 4.78 is 11.3. The average molecular weight is 439 g/mol. The lowest BCUT2D eigenvalue weighted by Crippen LogP contribution is -2.20. The highest BCUT2D eigenvalue weighted by Gasteiger charge is 2.27. The maximum absolute atomic E-state index is 6.13. The minimum absolute atomic E-state index is 0.0626. The molecule has 4 nitrogen and oxygen atoms in total. The van der Waals surface area contributed by atoms with Gasteiger partial charge in [-0.25, -0.2) is 0 Å². The number of halogens is 1. The van der Waals surface area contributed by atoms with E-state index in [-0.39, 0.29) is 6.04 Å². The first-order chi connectivity index (χ1) is 15.2. The van der Waals surface area contributed by atoms with Crippen LogP contribution >= 0.6 is 11.6 Å². The summed E-state index contributed by atoms with van der Waals surface area (Å²) in [6.45, 7) is 2.57. The second kappa shape index (κ2) is 10.2. The monoisotopic (exact) mass is 438 g/mol. The van der Waals surface area contributed by atoms with Crippen molar-refractivity contribution in [1.29, 1.82) is 0 Å². The summed E-state index contributed by atoms with van der Waals surface area (Å²) in [5.74, 6) is 3.16. The highest BCUT2D eigenvalue weighted by Crippen LogP contribution is 2.35. The number of nitrogens with zero attached hydrogens (tertiary/aromatic N) is 1. The zero-order valence-corrected chi connectivity index (χ0v) is 19.1. The standard InChI is InChI=1S/C26H31ClN2O2/c1-3-31-24-17-21(30-2)14-15-22(24)26-28-23(16-9-18-7-5-4-6-8-18)25(29-26)19-10-12-20(27)13-11-19/h10-18,25H,3-9H2,1-2H3,(H,28,29)/b23-16-/t25-/m0/s1. The quantitative estimate of drug-likeness (QED) is 0.523. The second-order valence-electron chi connectivity index (χ2n) is 8.25. The molecule has 2 aliphatic rings. The minimum Gasteiger partial charge on any atom is -0.497 e. The molecule has 0 spiro atoms. The smallest absolute Gasteiger partial charge is 0.137 e. The first-order valence-corrected chi connectivity index (χ1v) is 11.7. The Bertz CT molecular complexity index is 946. The average Bonchev–Trinajstić information content (AvgIpc) is 3.23. The minimum atomic E-state index is -0.0626. The molecule has 2 aromatic rings. The summed E-state index contributed by atoms with van der Waals surface area (Å²) in [4.78, 5) is 5.08. The summed E-state index contributed by atoms with van der Waals surface area (Å²) in [6, 6.07) is 13.8. The summed E-state index contributed by atoms with van der Waals surface area (Å²) >= 11 is 6.13. The Morgan fingerprint density at radius 1 is 1.10 bits per heavy atom. The number of hydrogen-bond acceptors (Lipinski definition) is 4. The van der Waals surface area contributed by atoms with E-state index in [0.29, 0.717) is 6.61 Å². The van der Waals surface area contributed by atoms with Gasteiger partial charge in [-0.2, -0.15) is 0 Å². The molecule has 0 bridgehead atoms. The van der Waals surface area contributed by atoms with Gasteiger partial charge in [0.2, 0.25) is 0 Å². The Balaban J connectivity index is 1.65. The van der Waals surface area contributed by atoms with Crippen molar-refractivity contribution in [2.45, 2.75) is 51.5 Å². The molecule has 0 radical (unpaired) electrons. The van der Waals surface area contributed by atoms with Crippen LogP contribution < -0.4 is 14.8 Å². The third-order valence-corrected chi connectivity index (χ3v) is 6.39. The van der Waals surface area contributed by atoms with Crippen LogP contribution in [0.5, 0.6) is 11.5 Å². The normalized spacial score (nSPS) is 20.4. The summed E-state index contributed by atoms with van der Waals surface area (Å²) in [5.41, 5.74) is 3.22. The second-order valence-corrected chi connectivity index (χ2v) is 8.69. The van der Waals surface area contributed by atoms with Crippen LogP contribution in [0.1, 0.15) is 62.6 Å². The molecular weight excluding hydrogens is 408 g/mol. The summed E-state index contributed by atoms with van der Waals surface area (Å²) in [7, 11) is 1.67. The van der Waals surface area contributed by atoms with Crippen LogP contribution in [0, 0.1) is 5.92 Å². The Kier molecular flexibility index (Phi) is 7.18. The maximum atomic E-state index is 6.13. The number of amidine groups is 1. The van der Waals surface area contributed by atoms with Gasteiger partial charge < -0.3 is 14.8 Å². The van der Waals surface area contributed by atoms with Crippen LogP contribution in [-0.4, -0.2) is 19.6 Å². The maximum Gasteiger partial charge on any atom is 0.137 e. The third kappa shape index (κ3) is 5.24. The van der Waals surface area contributed by atoms with Crippen LogP contribution in [0.15, 0.2) is 59.2 Å². The van der Waals surface area contributed by atoms with Crippen LogP contribution in [0.3, 0.4) is 0 Å². The van der Waals surface area contributed by atoms with Crippen molar-refractivity contribution >= 4 is 17.4 Å². The molecule has 164 valence electrons. The van der Waals surface area contributed by atoms with E-state index >= 15 is 0 Å². The van der Waals surface area contributed by atoms with E-state index in [9.17, 15) is 0 Å². The first-order valence-electron chi connectivity index (χ1n) is 11.3. The molecule has 1 saturated carbocycles. The number of ether oxygens (including phenoxy) is 2. The van der Waals surface area contributed by atoms with Crippen molar-refractivity contribution in [3.8, 4) is 11.5 Å². The van der Waals surface area contributed by atoms with Crippen molar-refractivity contribution in [3.05, 3.63) is 70.4 Å². The molecule has 5 heteroatoms. The van der Waals surface area contributed by atoms with E-state index in [1.54, 1.807) is 7.11 Å². The molecule has 0 saturated heterocycles. The predicted molar refractivity (Wildman–Crippen MR) is 127 cm³/mol. The van der Waals surface area contributed by atoms with E-state index in [1.807, 2.05) is 37.3 Å². The Morgan fingerprint density at radius 2 is 1.87 bits per heavy atom. The van der Waals surface area contributed by atoms with Gasteiger partial charge in [0.05, 0.1) is 19.3 Å². The van der Waals surface area contributed by atoms with Gasteiger partial charge in [-0.1, -0.05) is 61.9 Å². The summed E-state index contributed by atoms with van der Waals surface area (Å²) in [6.07, 6.45) is 10.2. The van der Waals surface area contributed by atoms with E-state index in [1.165, 1.54) is 32.1 Å². The molecule has 0 unspecified atom stereocenters. The van der Waals surface area contributed by atoms with Crippen LogP contribution in [0.25, 0.3) is 0 Å². The molecule has 31 heavy (non-hydrogen) atoms. The molecule has 2 aromatic carbocycles. The molecular formula is C26H31ClN2O2. The molecule has 1 atom stereocenters. The predicted octanol–water partition coefficient (Wildman–Crippen LogP) is 6.69. The van der Waals surface area contributed by atoms with Gasteiger partial charge in [-0.05, 0) is 49.1 Å². The lowest BCUT2D eigenvalue weighted by Gasteiger charge is -2.20. The number of methoxy groups -OCH3 is 1. The zero-order chi connectivity index (χ0) is 21.6. The number of aliphatic imine (C=N–C) groups is 1. The van der Waals surface area contributed by atoms with E-state index in [2.05, 4.69) is 23.5 Å². The summed E-state index contributed by atoms with van der Waals surface area (Å²) in [5, 5.41) is 4.34. The lowest BCUT2D eigenvalue weighted by atomic mass is 9.86. The number of allylic oxidation sites excluding steroid dienone is 1. The molecule has 1 fully saturated rings. The van der Waals surface area contributed by atoms with Gasteiger partial charge in [0, 0.05) is 16.8 Å². The number of benzene rings is 2. The fourth-order valence-corrected chi connectivity index (χ4v) is 4.58. The fraction of sp³-hybridized carbons (Fsp3) is 0.423. The van der Waals surface area contributed by atoms with Crippen LogP contribution in [0.2, 0.25) is 5.02 Å². The third-order valence-electron chi connectivity index (χ3n) is 6.14. The van der Waals surface area contributed by atoms with Crippen molar-refractivity contribution in [2.24, 2.45) is 10.9 Å². The van der Waals surface area contributed by atoms with Gasteiger partial charge in [-0.15, -0.1) is 0 Å². The topological polar surface area (TPSA) is 42.9 Å². The largest absolute Gasteiger partial charge is 0.497 e. The van der Waals surface area contributed by atoms with E-state index in [4.69, 9.17) is 26.1 Å². The van der Waals surface area contributed by atoms with E-state index in [0.717, 1.165) is 51.5 Å². The van der Waals surface area contributed by atoms with Crippen molar-refractivity contribution in [2.75, 3.05) is 13.7 Å². The SMILES string of the molecule is CCOc1cc(OC)ccc1C1=N[C@@H](c2ccc(Cl)cc2)/C(=C/CC2CCCCC2)N1. The Morgan fingerprint density at radius 3 is 2.58 bits per heavy atom. The van der Waals surface area contributed by atoms with Gasteiger partial charge in [0.1, 0.15) is 23.4 Å². The van der Waals surface area contributed by atoms with Crippen molar-refractivity contribution in [1.82, 2.24) is 5.32 Å². The van der Waals surface area contributed by atoms with Crippen LogP contribution in [0.4, 0.5) is 0 Å². The molecule has 1 N–H and O–H groups in total. The fourth-order valence-electron chi connectivity index (χ4n) is 4.45. The molecule has 0 amide bonds. The highest BCUT2D eigenvalue weighted by molar-refractivity contribution is 6.30. The number of nitrogens with one attached hydrogen (secondary N) is 1. The van der Waals surface area contributed by atoms with Gasteiger partial charge in [0.15, 0.2) is 0 Å². The van der Waals surface area contributed by atoms with Gasteiger partial charge in [-0.3, -0.25) is 4.99 Å². The van der Waals surface area contributed by atoms with E-state index < -0.39 is 0 Å². The zero-order valence-electron chi connectivity index (χ0n) is 18.4. The van der Waals surface area contributed by atoms with Gasteiger partial charge in [0.25, 0.3) is 0 Å². The molecule has 0 aromatic heterocycles. The van der Waals surface area contributed by atoms with Crippen molar-refractivity contribution in [3.63, 3.8) is 0 Å². The first kappa shape index (κ1) is 21.8. The van der Waals surface area contributed by atoms with Crippen LogP contribution in [-0.2, 0) is 0 Å². The number of rotatable bonds is 7. The number of hydrogen-bond donors (Lipinski definition) is 1. The molecule has 4 rings (SSSR count). The molecule has 1 heterocycles. The molecule has 1 aliphatic heterocycles. The van der Waals surface area contributed by atoms with Gasteiger partial charge >= 0.3 is 0 Å². The lowest BCUT2D eigenvalue weighted by molar-refractivity contribution is 0.335.